The van der Waals surface area contributed by atoms with Crippen molar-refractivity contribution in [3.63, 3.8) is 0 Å². The quantitative estimate of drug-likeness (QED) is 0.844. The summed E-state index contributed by atoms with van der Waals surface area (Å²) in [5.74, 6) is 5.41. The smallest absolute Gasteiger partial charge is 0.252 e. The molecule has 2 N–H and O–H groups in total. The van der Waals surface area contributed by atoms with Crippen LogP contribution in [0.4, 0.5) is 0 Å². The summed E-state index contributed by atoms with van der Waals surface area (Å²) < 4.78 is 0. The van der Waals surface area contributed by atoms with Gasteiger partial charge in [0.15, 0.2) is 0 Å². The van der Waals surface area contributed by atoms with Gasteiger partial charge in [0.05, 0.1) is 10.4 Å². The lowest BCUT2D eigenvalue weighted by atomic mass is 9.94. The molecule has 0 aromatic carbocycles. The van der Waals surface area contributed by atoms with Crippen LogP contribution in [0.1, 0.15) is 40.9 Å². The Labute approximate surface area is 128 Å². The molecule has 0 radical (unpaired) electrons. The molecule has 1 saturated carbocycles. The van der Waals surface area contributed by atoms with Crippen molar-refractivity contribution >= 4 is 29.0 Å². The van der Waals surface area contributed by atoms with Crippen LogP contribution in [0, 0.1) is 11.8 Å². The average molecular weight is 309 g/mol. The Morgan fingerprint density at radius 2 is 2.35 bits per heavy atom. The van der Waals surface area contributed by atoms with Crippen molar-refractivity contribution in [1.82, 2.24) is 5.32 Å². The third kappa shape index (κ3) is 4.02. The summed E-state index contributed by atoms with van der Waals surface area (Å²) in [6.45, 7) is -0.156. The fourth-order valence-electron chi connectivity index (χ4n) is 2.44. The van der Waals surface area contributed by atoms with Crippen LogP contribution in [-0.2, 0) is 0 Å². The fraction of sp³-hybridized carbons (Fsp3) is 0.533. The van der Waals surface area contributed by atoms with E-state index in [0.717, 1.165) is 11.3 Å². The van der Waals surface area contributed by atoms with E-state index in [1.54, 1.807) is 6.07 Å². The van der Waals surface area contributed by atoms with Crippen LogP contribution < -0.4 is 5.32 Å². The van der Waals surface area contributed by atoms with Gasteiger partial charge in [-0.05, 0) is 25.2 Å². The Balaban J connectivity index is 1.98. The van der Waals surface area contributed by atoms with Crippen LogP contribution >= 0.6 is 23.1 Å². The van der Waals surface area contributed by atoms with Gasteiger partial charge in [0.25, 0.3) is 5.91 Å². The molecule has 0 saturated heterocycles. The molecule has 1 fully saturated rings. The van der Waals surface area contributed by atoms with E-state index in [4.69, 9.17) is 5.11 Å². The molecule has 0 spiro atoms. The molecule has 1 heterocycles. The number of nitrogens with one attached hydrogen (secondary N) is 1. The molecule has 1 aliphatic carbocycles. The van der Waals surface area contributed by atoms with Gasteiger partial charge in [0.1, 0.15) is 6.61 Å². The van der Waals surface area contributed by atoms with E-state index >= 15 is 0 Å². The van der Waals surface area contributed by atoms with E-state index in [-0.39, 0.29) is 18.6 Å². The van der Waals surface area contributed by atoms with Crippen LogP contribution in [0.5, 0.6) is 0 Å². The zero-order valence-electron chi connectivity index (χ0n) is 11.5. The topological polar surface area (TPSA) is 49.3 Å². The van der Waals surface area contributed by atoms with Crippen LogP contribution in [0.15, 0.2) is 11.4 Å². The zero-order chi connectivity index (χ0) is 14.4. The lowest BCUT2D eigenvalue weighted by molar-refractivity contribution is 0.0930. The number of carbonyl (C=O) groups excluding carboxylic acids is 1. The summed E-state index contributed by atoms with van der Waals surface area (Å²) in [7, 11) is 0. The van der Waals surface area contributed by atoms with Gasteiger partial charge in [-0.3, -0.25) is 4.79 Å². The Hall–Kier alpha value is -0.960. The molecule has 3 nitrogen and oxygen atoms in total. The normalized spacial score (nSPS) is 21.9. The number of rotatable bonds is 3. The highest BCUT2D eigenvalue weighted by atomic mass is 32.2. The number of thioether (sulfide) groups is 1. The summed E-state index contributed by atoms with van der Waals surface area (Å²) in [5, 5.41) is 14.2. The third-order valence-corrected chi connectivity index (χ3v) is 5.49. The molecule has 1 aliphatic rings. The van der Waals surface area contributed by atoms with E-state index in [9.17, 15) is 4.79 Å². The minimum absolute atomic E-state index is 0.00996. The predicted octanol–water partition coefficient (Wildman–Crippen LogP) is 2.50. The van der Waals surface area contributed by atoms with E-state index in [1.165, 1.54) is 30.6 Å². The summed E-state index contributed by atoms with van der Waals surface area (Å²) in [5.41, 5.74) is 0.669. The van der Waals surface area contributed by atoms with E-state index < -0.39 is 0 Å². The maximum absolute atomic E-state index is 12.3. The molecule has 1 amide bonds. The molecule has 2 unspecified atom stereocenters. The minimum Gasteiger partial charge on any atom is -0.384 e. The van der Waals surface area contributed by atoms with Gasteiger partial charge in [-0.15, -0.1) is 11.3 Å². The highest BCUT2D eigenvalue weighted by Gasteiger charge is 2.26. The third-order valence-electron chi connectivity index (χ3n) is 3.47. The standard InChI is InChI=1S/C15H19NO2S2/c1-19-14-7-3-2-6-13(14)16-15(18)11-9-12(20-10-11)5-4-8-17/h9-10,13-14,17H,2-3,6-8H2,1H3,(H,16,18). The maximum atomic E-state index is 12.3. The molecular formula is C15H19NO2S2. The highest BCUT2D eigenvalue weighted by molar-refractivity contribution is 7.99. The number of amides is 1. The first kappa shape index (κ1) is 15.4. The number of aliphatic hydroxyl groups excluding tert-OH is 1. The van der Waals surface area contributed by atoms with Crippen molar-refractivity contribution < 1.29 is 9.90 Å². The SMILES string of the molecule is CSC1CCCCC1NC(=O)c1csc(C#CCO)c1. The van der Waals surface area contributed by atoms with Crippen molar-refractivity contribution in [2.45, 2.75) is 37.0 Å². The number of aliphatic hydroxyl groups is 1. The molecule has 2 rings (SSSR count). The lowest BCUT2D eigenvalue weighted by Gasteiger charge is -2.30. The Kier molecular flexibility index (Phi) is 5.96. The highest BCUT2D eigenvalue weighted by Crippen LogP contribution is 2.27. The van der Waals surface area contributed by atoms with Crippen LogP contribution in [0.25, 0.3) is 0 Å². The first-order valence-corrected chi connectivity index (χ1v) is 8.93. The number of thiophene rings is 1. The Morgan fingerprint density at radius 1 is 1.55 bits per heavy atom. The average Bonchev–Trinajstić information content (AvgIpc) is 2.94. The van der Waals surface area contributed by atoms with Crippen molar-refractivity contribution in [2.75, 3.05) is 12.9 Å². The van der Waals surface area contributed by atoms with Crippen molar-refractivity contribution in [3.8, 4) is 11.8 Å². The summed E-state index contributed by atoms with van der Waals surface area (Å²) in [4.78, 5) is 13.1. The zero-order valence-corrected chi connectivity index (χ0v) is 13.1. The van der Waals surface area contributed by atoms with Gasteiger partial charge < -0.3 is 10.4 Å². The summed E-state index contributed by atoms with van der Waals surface area (Å²) in [6, 6.07) is 2.07. The molecule has 0 bridgehead atoms. The lowest BCUT2D eigenvalue weighted by Crippen LogP contribution is -2.43. The van der Waals surface area contributed by atoms with Gasteiger partial charge >= 0.3 is 0 Å². The molecule has 1 aromatic rings. The van der Waals surface area contributed by atoms with Crippen LogP contribution in [0.2, 0.25) is 0 Å². The molecule has 20 heavy (non-hydrogen) atoms. The van der Waals surface area contributed by atoms with Crippen molar-refractivity contribution in [2.24, 2.45) is 0 Å². The van der Waals surface area contributed by atoms with Crippen LogP contribution in [-0.4, -0.2) is 35.2 Å². The Morgan fingerprint density at radius 3 is 3.10 bits per heavy atom. The number of hydrogen-bond acceptors (Lipinski definition) is 4. The first-order chi connectivity index (χ1) is 9.74. The van der Waals surface area contributed by atoms with Gasteiger partial charge in [0, 0.05) is 16.7 Å². The summed E-state index contributed by atoms with van der Waals surface area (Å²) in [6.07, 6.45) is 6.82. The first-order valence-electron chi connectivity index (χ1n) is 6.76. The molecule has 108 valence electrons. The number of carbonyl (C=O) groups is 1. The monoisotopic (exact) mass is 309 g/mol. The minimum atomic E-state index is -0.156. The predicted molar refractivity (Wildman–Crippen MR) is 85.3 cm³/mol. The van der Waals surface area contributed by atoms with Gasteiger partial charge in [-0.1, -0.05) is 24.7 Å². The van der Waals surface area contributed by atoms with E-state index in [0.29, 0.717) is 10.8 Å². The second-order valence-corrected chi connectivity index (χ2v) is 6.79. The number of hydrogen-bond donors (Lipinski definition) is 2. The van der Waals surface area contributed by atoms with Crippen molar-refractivity contribution in [3.05, 3.63) is 21.9 Å². The second-order valence-electron chi connectivity index (χ2n) is 4.80. The van der Waals surface area contributed by atoms with E-state index in [2.05, 4.69) is 23.4 Å². The summed E-state index contributed by atoms with van der Waals surface area (Å²) >= 11 is 3.28. The Bertz CT molecular complexity index is 515. The van der Waals surface area contributed by atoms with E-state index in [1.807, 2.05) is 17.1 Å². The maximum Gasteiger partial charge on any atom is 0.252 e. The molecular weight excluding hydrogens is 290 g/mol. The molecule has 5 heteroatoms. The molecule has 0 aliphatic heterocycles. The van der Waals surface area contributed by atoms with Gasteiger partial charge in [-0.25, -0.2) is 0 Å². The van der Waals surface area contributed by atoms with Crippen molar-refractivity contribution in [1.29, 1.82) is 0 Å². The van der Waals surface area contributed by atoms with Gasteiger partial charge in [-0.2, -0.15) is 11.8 Å². The molecule has 2 atom stereocenters. The largest absolute Gasteiger partial charge is 0.384 e. The molecule has 1 aromatic heterocycles. The fourth-order valence-corrected chi connectivity index (χ4v) is 4.13. The van der Waals surface area contributed by atoms with Gasteiger partial charge in [0.2, 0.25) is 0 Å². The second kappa shape index (κ2) is 7.72. The van der Waals surface area contributed by atoms with Crippen LogP contribution in [0.3, 0.4) is 0 Å².